The summed E-state index contributed by atoms with van der Waals surface area (Å²) in [7, 11) is -8.01. The van der Waals surface area contributed by atoms with Gasteiger partial charge < -0.3 is 31.5 Å². The van der Waals surface area contributed by atoms with Gasteiger partial charge in [-0.2, -0.15) is 16.8 Å². The molecule has 1 aromatic rings. The lowest BCUT2D eigenvalue weighted by Crippen LogP contribution is -2.47. The van der Waals surface area contributed by atoms with E-state index < -0.39 is 62.7 Å². The molecular weight excluding hydrogens is 496 g/mol. The first-order valence-electron chi connectivity index (χ1n) is 10.3. The molecular formula is C19H34N2O11S2. The molecule has 1 aromatic carbocycles. The van der Waals surface area contributed by atoms with Crippen molar-refractivity contribution < 1.29 is 51.2 Å². The molecule has 0 aliphatic heterocycles. The van der Waals surface area contributed by atoms with Crippen molar-refractivity contribution in [1.29, 1.82) is 0 Å². The molecule has 0 saturated heterocycles. The summed E-state index contributed by atoms with van der Waals surface area (Å²) in [6, 6.07) is 9.85. The highest BCUT2D eigenvalue weighted by Crippen LogP contribution is 2.17. The monoisotopic (exact) mass is 530 g/mol. The van der Waals surface area contributed by atoms with E-state index in [0.717, 1.165) is 5.56 Å². The maximum atomic E-state index is 11.1. The molecule has 0 bridgehead atoms. The van der Waals surface area contributed by atoms with E-state index in [0.29, 0.717) is 19.5 Å². The van der Waals surface area contributed by atoms with Crippen LogP contribution in [0.4, 0.5) is 0 Å². The Hall–Kier alpha value is -1.69. The highest BCUT2D eigenvalue weighted by Gasteiger charge is 2.34. The molecule has 0 spiro atoms. The van der Waals surface area contributed by atoms with Gasteiger partial charge in [-0.3, -0.25) is 13.9 Å². The molecule has 0 saturated carbocycles. The third-order valence-corrected chi connectivity index (χ3v) is 6.16. The zero-order valence-electron chi connectivity index (χ0n) is 18.5. The van der Waals surface area contributed by atoms with Crippen molar-refractivity contribution in [3.05, 3.63) is 35.9 Å². The van der Waals surface area contributed by atoms with E-state index in [1.54, 1.807) is 0 Å². The lowest BCUT2D eigenvalue weighted by atomic mass is 9.90. The first-order chi connectivity index (χ1) is 15.7. The quantitative estimate of drug-likeness (QED) is 0.0896. The van der Waals surface area contributed by atoms with Gasteiger partial charge in [0, 0.05) is 6.54 Å². The molecule has 0 heterocycles. The van der Waals surface area contributed by atoms with Crippen molar-refractivity contribution in [3.63, 3.8) is 0 Å². The fraction of sp³-hybridized carbons (Fsp3) is 0.632. The number of primary amides is 1. The van der Waals surface area contributed by atoms with Crippen LogP contribution in [-0.2, 0) is 31.6 Å². The zero-order chi connectivity index (χ0) is 26.4. The van der Waals surface area contributed by atoms with Gasteiger partial charge in [-0.25, -0.2) is 0 Å². The van der Waals surface area contributed by atoms with Gasteiger partial charge in [0.1, 0.15) is 12.2 Å². The van der Waals surface area contributed by atoms with Crippen molar-refractivity contribution >= 4 is 26.1 Å². The predicted molar refractivity (Wildman–Crippen MR) is 123 cm³/mol. The van der Waals surface area contributed by atoms with Gasteiger partial charge in [0.25, 0.3) is 20.2 Å². The van der Waals surface area contributed by atoms with Crippen LogP contribution in [0.2, 0.25) is 0 Å². The SMILES string of the molecule is NC(=O)[C@H](CCCS(=O)(=O)O)[C@@H](O)[C@H](O)[C@H](O)CO.O=S(=O)(O)CCCNCc1ccccc1. The molecule has 4 atom stereocenters. The number of benzene rings is 1. The van der Waals surface area contributed by atoms with Gasteiger partial charge in [-0.05, 0) is 31.4 Å². The van der Waals surface area contributed by atoms with E-state index in [1.165, 1.54) is 0 Å². The van der Waals surface area contributed by atoms with Crippen molar-refractivity contribution in [1.82, 2.24) is 5.32 Å². The summed E-state index contributed by atoms with van der Waals surface area (Å²) in [5, 5.41) is 39.9. The van der Waals surface area contributed by atoms with Crippen LogP contribution in [0, 0.1) is 5.92 Å². The summed E-state index contributed by atoms with van der Waals surface area (Å²) in [6.45, 7) is 0.468. The molecule has 0 aromatic heterocycles. The average Bonchev–Trinajstić information content (AvgIpc) is 2.74. The molecule has 9 N–H and O–H groups in total. The smallest absolute Gasteiger partial charge is 0.264 e. The molecule has 13 nitrogen and oxygen atoms in total. The third-order valence-electron chi connectivity index (χ3n) is 4.55. The number of nitrogens with two attached hydrogens (primary N) is 1. The Bertz CT molecular complexity index is 911. The fourth-order valence-electron chi connectivity index (χ4n) is 2.75. The standard InChI is InChI=1S/C10H15NO3S.C9H19NO8S/c12-15(13,14)8-4-7-11-9-10-5-2-1-3-6-10;10-9(15)5(2-1-3-19(16,17)18)7(13)8(14)6(12)4-11/h1-3,5-6,11H,4,7-9H2,(H,12,13,14);5-8,11-14H,1-4H2,(H2,10,15)(H,16,17,18)/t;5-,6-,7-,8-/m.1/s1. The lowest BCUT2D eigenvalue weighted by molar-refractivity contribution is -0.135. The maximum Gasteiger partial charge on any atom is 0.264 e. The summed E-state index contributed by atoms with van der Waals surface area (Å²) in [6.07, 6.45) is -5.14. The second-order valence-corrected chi connectivity index (χ2v) is 10.6. The fourth-order valence-corrected chi connectivity index (χ4v) is 3.79. The number of hydrogen-bond donors (Lipinski definition) is 8. The van der Waals surface area contributed by atoms with E-state index in [-0.39, 0.29) is 18.6 Å². The van der Waals surface area contributed by atoms with Crippen LogP contribution in [0.25, 0.3) is 0 Å². The van der Waals surface area contributed by atoms with Crippen LogP contribution in [0.5, 0.6) is 0 Å². The minimum Gasteiger partial charge on any atom is -0.394 e. The van der Waals surface area contributed by atoms with Crippen molar-refractivity contribution in [2.45, 2.75) is 44.1 Å². The summed E-state index contributed by atoms with van der Waals surface area (Å²) in [5.41, 5.74) is 6.16. The molecule has 0 fully saturated rings. The Balaban J connectivity index is 0.000000657. The van der Waals surface area contributed by atoms with E-state index in [1.807, 2.05) is 30.3 Å². The molecule has 34 heavy (non-hydrogen) atoms. The summed E-state index contributed by atoms with van der Waals surface area (Å²) in [4.78, 5) is 11.1. The van der Waals surface area contributed by atoms with E-state index in [4.69, 9.17) is 25.1 Å². The van der Waals surface area contributed by atoms with Crippen LogP contribution in [0.15, 0.2) is 30.3 Å². The van der Waals surface area contributed by atoms with Crippen LogP contribution in [0.3, 0.4) is 0 Å². The Morgan fingerprint density at radius 3 is 1.91 bits per heavy atom. The number of rotatable bonds is 15. The van der Waals surface area contributed by atoms with Crippen LogP contribution < -0.4 is 11.1 Å². The average molecular weight is 531 g/mol. The van der Waals surface area contributed by atoms with Gasteiger partial charge in [-0.15, -0.1) is 0 Å². The lowest BCUT2D eigenvalue weighted by Gasteiger charge is -2.26. The Morgan fingerprint density at radius 2 is 1.44 bits per heavy atom. The molecule has 198 valence electrons. The van der Waals surface area contributed by atoms with Gasteiger partial charge >= 0.3 is 0 Å². The third kappa shape index (κ3) is 16.0. The number of amides is 1. The van der Waals surface area contributed by atoms with Crippen LogP contribution >= 0.6 is 0 Å². The van der Waals surface area contributed by atoms with Gasteiger partial charge in [-0.1, -0.05) is 30.3 Å². The Labute approximate surface area is 199 Å². The second-order valence-electron chi connectivity index (χ2n) is 7.47. The van der Waals surface area contributed by atoms with Crippen molar-refractivity contribution in [2.75, 3.05) is 24.7 Å². The summed E-state index contributed by atoms with van der Waals surface area (Å²) >= 11 is 0. The molecule has 1 rings (SSSR count). The Kier molecular flexibility index (Phi) is 15.3. The number of aliphatic hydroxyl groups is 4. The van der Waals surface area contributed by atoms with Crippen molar-refractivity contribution in [3.8, 4) is 0 Å². The number of hydrogen-bond acceptors (Lipinski definition) is 10. The Morgan fingerprint density at radius 1 is 0.912 bits per heavy atom. The van der Waals surface area contributed by atoms with Gasteiger partial charge in [0.05, 0.1) is 30.1 Å². The van der Waals surface area contributed by atoms with E-state index >= 15 is 0 Å². The summed E-state index contributed by atoms with van der Waals surface area (Å²) < 4.78 is 58.8. The zero-order valence-corrected chi connectivity index (χ0v) is 20.1. The minimum atomic E-state index is -4.20. The van der Waals surface area contributed by atoms with Crippen LogP contribution in [-0.4, -0.2) is 95.2 Å². The number of nitrogens with one attached hydrogen (secondary N) is 1. The normalized spacial score (nSPS) is 15.5. The molecule has 15 heteroatoms. The topological polar surface area (TPSA) is 245 Å². The van der Waals surface area contributed by atoms with Crippen LogP contribution in [0.1, 0.15) is 24.8 Å². The van der Waals surface area contributed by atoms with Gasteiger partial charge in [0.2, 0.25) is 5.91 Å². The highest BCUT2D eigenvalue weighted by atomic mass is 32.2. The number of aliphatic hydroxyl groups excluding tert-OH is 4. The maximum absolute atomic E-state index is 11.1. The first-order valence-corrected chi connectivity index (χ1v) is 13.5. The summed E-state index contributed by atoms with van der Waals surface area (Å²) in [5.74, 6) is -3.11. The second kappa shape index (κ2) is 16.1. The first kappa shape index (κ1) is 32.3. The van der Waals surface area contributed by atoms with Crippen molar-refractivity contribution in [2.24, 2.45) is 11.7 Å². The number of carbonyl (C=O) groups is 1. The number of carbonyl (C=O) groups excluding carboxylic acids is 1. The molecule has 0 radical (unpaired) electrons. The predicted octanol–water partition coefficient (Wildman–Crippen LogP) is -2.11. The minimum absolute atomic E-state index is 0.161. The van der Waals surface area contributed by atoms with E-state index in [2.05, 4.69) is 5.32 Å². The van der Waals surface area contributed by atoms with E-state index in [9.17, 15) is 31.8 Å². The molecule has 0 aliphatic rings. The molecule has 0 aliphatic carbocycles. The van der Waals surface area contributed by atoms with Gasteiger partial charge in [0.15, 0.2) is 0 Å². The highest BCUT2D eigenvalue weighted by molar-refractivity contribution is 7.86. The molecule has 1 amide bonds. The largest absolute Gasteiger partial charge is 0.394 e. The molecule has 0 unspecified atom stereocenters.